The standard InChI is InChI=1S/C4H12ClO3PS/c1-3-7-9(6,10-5)8-4-2/h6,10H,3-4H2,1-2H3. The summed E-state index contributed by atoms with van der Waals surface area (Å²) in [5.41, 5.74) is 0. The molecule has 0 aliphatic heterocycles. The van der Waals surface area contributed by atoms with Crippen molar-refractivity contribution in [1.29, 1.82) is 0 Å². The summed E-state index contributed by atoms with van der Waals surface area (Å²) >= 11 is 0. The molecule has 0 aromatic carbocycles. The second kappa shape index (κ2) is 5.58. The van der Waals surface area contributed by atoms with E-state index in [1.165, 1.54) is 0 Å². The summed E-state index contributed by atoms with van der Waals surface area (Å²) in [6.45, 7) is 1.70. The maximum absolute atomic E-state index is 9.34. The van der Waals surface area contributed by atoms with Crippen molar-refractivity contribution >= 4 is 27.6 Å². The van der Waals surface area contributed by atoms with E-state index in [2.05, 4.69) is 0 Å². The van der Waals surface area contributed by atoms with E-state index >= 15 is 0 Å². The van der Waals surface area contributed by atoms with Crippen molar-refractivity contribution in [3.63, 3.8) is 0 Å². The third-order valence-corrected chi connectivity index (χ3v) is 5.06. The van der Waals surface area contributed by atoms with Gasteiger partial charge in [0, 0.05) is 0 Å². The average Bonchev–Trinajstić information content (AvgIpc) is 1.89. The van der Waals surface area contributed by atoms with Gasteiger partial charge in [-0.15, -0.1) is 0 Å². The molecule has 0 fully saturated rings. The van der Waals surface area contributed by atoms with Crippen LogP contribution in [0.25, 0.3) is 0 Å². The molecule has 0 saturated carbocycles. The second-order valence-corrected chi connectivity index (χ2v) is 6.38. The van der Waals surface area contributed by atoms with Crippen LogP contribution >= 0.6 is 17.4 Å². The summed E-state index contributed by atoms with van der Waals surface area (Å²) in [7, 11) is 5.65. The van der Waals surface area contributed by atoms with Crippen LogP contribution in [-0.2, 0) is 19.2 Å². The fourth-order valence-electron chi connectivity index (χ4n) is 0.417. The van der Waals surface area contributed by atoms with E-state index in [9.17, 15) is 4.89 Å². The highest BCUT2D eigenvalue weighted by atomic mass is 35.7. The van der Waals surface area contributed by atoms with Crippen LogP contribution in [0.5, 0.6) is 0 Å². The van der Waals surface area contributed by atoms with E-state index in [-0.39, 0.29) is 10.2 Å². The molecule has 0 saturated heterocycles. The maximum atomic E-state index is 9.34. The Balaban J connectivity index is 3.97. The highest BCUT2D eigenvalue weighted by molar-refractivity contribution is 8.30. The summed E-state index contributed by atoms with van der Waals surface area (Å²) < 4.78 is 9.84. The number of hydrogen-bond acceptors (Lipinski definition) is 2. The minimum atomic E-state index is -2.71. The molecule has 0 radical (unpaired) electrons. The largest absolute Gasteiger partial charge is 0.328 e. The molecule has 1 N–H and O–H groups in total. The number of rotatable bonds is 4. The normalized spacial score (nSPS) is 12.0. The van der Waals surface area contributed by atoms with Gasteiger partial charge in [-0.1, -0.05) is 0 Å². The zero-order valence-electron chi connectivity index (χ0n) is 5.95. The highest BCUT2D eigenvalue weighted by Gasteiger charge is 2.12. The predicted octanol–water partition coefficient (Wildman–Crippen LogP) is 1.70. The molecule has 64 valence electrons. The lowest BCUT2D eigenvalue weighted by molar-refractivity contribution is 0.212. The Labute approximate surface area is 69.0 Å². The first kappa shape index (κ1) is 11.0. The summed E-state index contributed by atoms with van der Waals surface area (Å²) in [4.78, 5) is 9.34. The first-order valence-corrected chi connectivity index (χ1v) is 7.01. The van der Waals surface area contributed by atoms with E-state index in [0.29, 0.717) is 13.2 Å². The van der Waals surface area contributed by atoms with Gasteiger partial charge in [-0.3, -0.25) is 0 Å². The van der Waals surface area contributed by atoms with Gasteiger partial charge < -0.3 is 13.9 Å². The summed E-state index contributed by atoms with van der Waals surface area (Å²) in [6, 6.07) is 0. The minimum absolute atomic E-state index is 0.263. The van der Waals surface area contributed by atoms with Gasteiger partial charge in [0.1, 0.15) is 0 Å². The lowest BCUT2D eigenvalue weighted by atomic mass is 10.9. The van der Waals surface area contributed by atoms with Crippen molar-refractivity contribution in [3.05, 3.63) is 0 Å². The molecule has 0 aromatic rings. The van der Waals surface area contributed by atoms with Crippen LogP contribution in [0.4, 0.5) is 0 Å². The van der Waals surface area contributed by atoms with E-state index < -0.39 is 6.72 Å². The van der Waals surface area contributed by atoms with Crippen LogP contribution in [0, 0.1) is 0 Å². The Morgan fingerprint density at radius 3 is 2.00 bits per heavy atom. The minimum Gasteiger partial charge on any atom is -0.328 e. The molecule has 6 heteroatoms. The van der Waals surface area contributed by atoms with Crippen molar-refractivity contribution in [1.82, 2.24) is 0 Å². The zero-order chi connectivity index (χ0) is 8.04. The lowest BCUT2D eigenvalue weighted by Crippen LogP contribution is -1.94. The quantitative estimate of drug-likeness (QED) is 0.543. The van der Waals surface area contributed by atoms with Gasteiger partial charge in [-0.05, 0) is 34.7 Å². The van der Waals surface area contributed by atoms with Crippen molar-refractivity contribution in [2.45, 2.75) is 13.8 Å². The van der Waals surface area contributed by atoms with Crippen molar-refractivity contribution in [2.24, 2.45) is 0 Å². The molecule has 3 nitrogen and oxygen atoms in total. The van der Waals surface area contributed by atoms with Gasteiger partial charge in [0.25, 0.3) is 6.72 Å². The average molecular weight is 207 g/mol. The molecule has 0 aliphatic carbocycles. The van der Waals surface area contributed by atoms with Gasteiger partial charge in [-0.2, -0.15) is 0 Å². The first-order chi connectivity index (χ1) is 4.68. The number of halogens is 1. The van der Waals surface area contributed by atoms with E-state index in [0.717, 1.165) is 0 Å². The van der Waals surface area contributed by atoms with Crippen LogP contribution in [0.3, 0.4) is 0 Å². The SMILES string of the molecule is CCOP(O)(OCC)=[SH]Cl. The summed E-state index contributed by atoms with van der Waals surface area (Å²) in [5, 5.41) is 0. The Morgan fingerprint density at radius 1 is 1.40 bits per heavy atom. The van der Waals surface area contributed by atoms with Crippen LogP contribution in [-0.4, -0.2) is 18.1 Å². The first-order valence-electron chi connectivity index (χ1n) is 2.93. The van der Waals surface area contributed by atoms with Crippen LogP contribution in [0.2, 0.25) is 0 Å². The van der Waals surface area contributed by atoms with Crippen LogP contribution < -0.4 is 0 Å². The number of hydrogen-bond donors (Lipinski definition) is 2. The van der Waals surface area contributed by atoms with Crippen molar-refractivity contribution in [2.75, 3.05) is 13.2 Å². The molecule has 0 unspecified atom stereocenters. The second-order valence-electron chi connectivity index (χ2n) is 1.40. The molecule has 0 aliphatic rings. The number of thiol groups is 1. The van der Waals surface area contributed by atoms with Gasteiger partial charge >= 0.3 is 0 Å². The molecule has 10 heavy (non-hydrogen) atoms. The van der Waals surface area contributed by atoms with Gasteiger partial charge in [0.05, 0.1) is 13.2 Å². The molecular weight excluding hydrogens is 195 g/mol. The molecule has 0 amide bonds. The summed E-state index contributed by atoms with van der Waals surface area (Å²) in [6.07, 6.45) is 0. The fraction of sp³-hybridized carbons (Fsp3) is 1.00. The van der Waals surface area contributed by atoms with Gasteiger partial charge in [0.2, 0.25) is 0 Å². The molecule has 0 heterocycles. The third-order valence-electron chi connectivity index (χ3n) is 0.690. The topological polar surface area (TPSA) is 38.7 Å². The van der Waals surface area contributed by atoms with Gasteiger partial charge in [-0.25, -0.2) is 0 Å². The zero-order valence-corrected chi connectivity index (χ0v) is 8.50. The Kier molecular flexibility index (Phi) is 6.11. The van der Waals surface area contributed by atoms with Crippen molar-refractivity contribution < 1.29 is 13.9 Å². The van der Waals surface area contributed by atoms with Crippen molar-refractivity contribution in [3.8, 4) is 0 Å². The van der Waals surface area contributed by atoms with E-state index in [1.807, 2.05) is 0 Å². The molecule has 0 aromatic heterocycles. The molecular formula is C4H12ClO3PS. The molecule has 0 atom stereocenters. The van der Waals surface area contributed by atoms with Crippen LogP contribution in [0.1, 0.15) is 13.8 Å². The predicted molar refractivity (Wildman–Crippen MR) is 47.0 cm³/mol. The highest BCUT2D eigenvalue weighted by Crippen LogP contribution is 2.46. The molecule has 0 bridgehead atoms. The third kappa shape index (κ3) is 3.96. The van der Waals surface area contributed by atoms with E-state index in [1.54, 1.807) is 13.8 Å². The maximum Gasteiger partial charge on any atom is 0.293 e. The van der Waals surface area contributed by atoms with E-state index in [4.69, 9.17) is 19.7 Å². The van der Waals surface area contributed by atoms with Gasteiger partial charge in [0.15, 0.2) is 0 Å². The lowest BCUT2D eigenvalue weighted by Gasteiger charge is -2.15. The monoisotopic (exact) mass is 206 g/mol. The molecule has 0 spiro atoms. The molecule has 0 rings (SSSR count). The smallest absolute Gasteiger partial charge is 0.293 e. The fourth-order valence-corrected chi connectivity index (χ4v) is 2.99. The Bertz CT molecular complexity index is 130. The van der Waals surface area contributed by atoms with Crippen LogP contribution in [0.15, 0.2) is 0 Å². The summed E-state index contributed by atoms with van der Waals surface area (Å²) in [5.74, 6) is 0. The Morgan fingerprint density at radius 2 is 1.80 bits per heavy atom. The Hall–Kier alpha value is 0.950.